The molecule has 2 aromatic rings. The number of rotatable bonds is 2. The number of para-hydroxylation sites is 1. The lowest BCUT2D eigenvalue weighted by Gasteiger charge is -2.03. The fourth-order valence-corrected chi connectivity index (χ4v) is 2.25. The first-order valence-electron chi connectivity index (χ1n) is 4.60. The van der Waals surface area contributed by atoms with Crippen molar-refractivity contribution >= 4 is 20.9 Å². The van der Waals surface area contributed by atoms with Gasteiger partial charge in [-0.25, -0.2) is 13.1 Å². The Bertz CT molecular complexity index is 689. The minimum Gasteiger partial charge on any atom is -0.360 e. The van der Waals surface area contributed by atoms with Crippen LogP contribution in [-0.4, -0.2) is 20.4 Å². The number of hydrogen-bond donors (Lipinski definition) is 2. The zero-order valence-corrected chi connectivity index (χ0v) is 9.34. The number of pyridine rings is 1. The molecule has 2 rings (SSSR count). The number of aromatic amines is 1. The van der Waals surface area contributed by atoms with E-state index < -0.39 is 15.5 Å². The van der Waals surface area contributed by atoms with Crippen molar-refractivity contribution in [2.75, 3.05) is 7.05 Å². The van der Waals surface area contributed by atoms with Crippen LogP contribution >= 0.6 is 0 Å². The number of H-pyrrole nitrogens is 1. The van der Waals surface area contributed by atoms with Gasteiger partial charge in [0.15, 0.2) is 0 Å². The molecule has 0 aliphatic rings. The normalized spacial score (nSPS) is 11.8. The molecule has 0 spiro atoms. The Morgan fingerprint density at radius 1 is 1.25 bits per heavy atom. The van der Waals surface area contributed by atoms with E-state index in [4.69, 9.17) is 0 Å². The van der Waals surface area contributed by atoms with E-state index in [9.17, 15) is 13.2 Å². The second kappa shape index (κ2) is 3.73. The van der Waals surface area contributed by atoms with Gasteiger partial charge in [-0.05, 0) is 19.2 Å². The number of fused-ring (bicyclic) bond motifs is 1. The maximum atomic E-state index is 11.9. The molecule has 1 heterocycles. The summed E-state index contributed by atoms with van der Waals surface area (Å²) in [6.45, 7) is 0. The fourth-order valence-electron chi connectivity index (χ4n) is 1.46. The van der Waals surface area contributed by atoms with E-state index in [2.05, 4.69) is 9.71 Å². The maximum absolute atomic E-state index is 11.9. The van der Waals surface area contributed by atoms with Crippen molar-refractivity contribution in [2.45, 2.75) is 4.90 Å². The highest BCUT2D eigenvalue weighted by atomic mass is 32.2. The first-order chi connectivity index (χ1) is 7.56. The summed E-state index contributed by atoms with van der Waals surface area (Å²) in [4.78, 5) is 14.4. The molecule has 0 aliphatic carbocycles. The van der Waals surface area contributed by atoms with Gasteiger partial charge in [0.05, 0.1) is 0 Å². The van der Waals surface area contributed by atoms with Crippen molar-refractivity contribution in [3.8, 4) is 0 Å². The summed E-state index contributed by atoms with van der Waals surface area (Å²) >= 11 is 0. The van der Waals surface area contributed by atoms with E-state index >= 15 is 0 Å². The van der Waals surface area contributed by atoms with Crippen LogP contribution in [0.3, 0.4) is 0 Å². The lowest BCUT2D eigenvalue weighted by Crippen LogP contribution is -2.25. The lowest BCUT2D eigenvalue weighted by atomic mass is 10.2. The monoisotopic (exact) mass is 238 g/mol. The molecule has 0 unspecified atom stereocenters. The van der Waals surface area contributed by atoms with Crippen molar-refractivity contribution in [3.05, 3.63) is 40.7 Å². The van der Waals surface area contributed by atoms with Gasteiger partial charge in [-0.2, -0.15) is 0 Å². The molecule has 0 radical (unpaired) electrons. The van der Waals surface area contributed by atoms with Gasteiger partial charge in [0.25, 0.3) is 0 Å². The lowest BCUT2D eigenvalue weighted by molar-refractivity contribution is 0.587. The van der Waals surface area contributed by atoms with Gasteiger partial charge in [0.1, 0.15) is 4.90 Å². The molecule has 16 heavy (non-hydrogen) atoms. The minimum absolute atomic E-state index is 0.270. The zero-order chi connectivity index (χ0) is 11.8. The average Bonchev–Trinajstić information content (AvgIpc) is 2.29. The Morgan fingerprint density at radius 2 is 1.94 bits per heavy atom. The van der Waals surface area contributed by atoms with Crippen LogP contribution in [-0.2, 0) is 10.0 Å². The van der Waals surface area contributed by atoms with Crippen molar-refractivity contribution < 1.29 is 8.42 Å². The summed E-state index contributed by atoms with van der Waals surface area (Å²) in [6.07, 6.45) is 1.20. The molecule has 5 nitrogen and oxygen atoms in total. The van der Waals surface area contributed by atoms with Crippen LogP contribution in [0.25, 0.3) is 10.9 Å². The highest BCUT2D eigenvalue weighted by molar-refractivity contribution is 7.89. The van der Waals surface area contributed by atoms with Gasteiger partial charge in [0.2, 0.25) is 15.5 Å². The summed E-state index contributed by atoms with van der Waals surface area (Å²) < 4.78 is 25.2. The number of nitrogens with one attached hydrogen (secondary N) is 2. The van der Waals surface area contributed by atoms with Crippen LogP contribution < -0.4 is 10.2 Å². The van der Waals surface area contributed by atoms with Gasteiger partial charge in [-0.15, -0.1) is 0 Å². The van der Waals surface area contributed by atoms with Crippen LogP contribution in [0.4, 0.5) is 0 Å². The Hall–Kier alpha value is -1.66. The van der Waals surface area contributed by atoms with E-state index in [-0.39, 0.29) is 4.90 Å². The van der Waals surface area contributed by atoms with E-state index in [0.29, 0.717) is 10.9 Å². The molecule has 84 valence electrons. The second-order valence-electron chi connectivity index (χ2n) is 3.24. The standard InChI is InChI=1S/C10H10N2O3S/c1-11-16(14,15)9-6-12-8-5-3-2-4-7(8)10(9)13/h2-6,11H,1H3,(H,12,13). The van der Waals surface area contributed by atoms with E-state index in [1.54, 1.807) is 24.3 Å². The molecule has 0 atom stereocenters. The number of hydrogen-bond acceptors (Lipinski definition) is 3. The van der Waals surface area contributed by atoms with E-state index in [1.807, 2.05) is 0 Å². The van der Waals surface area contributed by atoms with E-state index in [0.717, 1.165) is 0 Å². The molecule has 0 aliphatic heterocycles. The van der Waals surface area contributed by atoms with Gasteiger partial charge >= 0.3 is 0 Å². The van der Waals surface area contributed by atoms with Crippen molar-refractivity contribution in [2.24, 2.45) is 0 Å². The highest BCUT2D eigenvalue weighted by Gasteiger charge is 2.17. The van der Waals surface area contributed by atoms with Crippen LogP contribution in [0.2, 0.25) is 0 Å². The first-order valence-corrected chi connectivity index (χ1v) is 6.08. The predicted molar refractivity (Wildman–Crippen MR) is 60.8 cm³/mol. The molecule has 0 bridgehead atoms. The molecule has 1 aromatic carbocycles. The molecule has 0 saturated heterocycles. The predicted octanol–water partition coefficient (Wildman–Crippen LogP) is 0.436. The first kappa shape index (κ1) is 10.8. The summed E-state index contributed by atoms with van der Waals surface area (Å²) in [5.74, 6) is 0. The highest BCUT2D eigenvalue weighted by Crippen LogP contribution is 2.09. The summed E-state index contributed by atoms with van der Waals surface area (Å²) in [6, 6.07) is 6.76. The quantitative estimate of drug-likeness (QED) is 0.796. The number of benzene rings is 1. The zero-order valence-electron chi connectivity index (χ0n) is 8.52. The third-order valence-corrected chi connectivity index (χ3v) is 3.73. The number of aromatic nitrogens is 1. The van der Waals surface area contributed by atoms with Crippen LogP contribution in [0, 0.1) is 0 Å². The Labute approximate surface area is 92.2 Å². The third-order valence-electron chi connectivity index (χ3n) is 2.31. The van der Waals surface area contributed by atoms with Gasteiger partial charge in [0, 0.05) is 17.1 Å². The molecule has 0 fully saturated rings. The van der Waals surface area contributed by atoms with Crippen molar-refractivity contribution in [1.29, 1.82) is 0 Å². The van der Waals surface area contributed by atoms with Crippen LogP contribution in [0.5, 0.6) is 0 Å². The third kappa shape index (κ3) is 1.62. The van der Waals surface area contributed by atoms with Gasteiger partial charge in [-0.1, -0.05) is 12.1 Å². The SMILES string of the molecule is CNS(=O)(=O)c1c[nH]c2ccccc2c1=O. The van der Waals surface area contributed by atoms with E-state index in [1.165, 1.54) is 13.2 Å². The van der Waals surface area contributed by atoms with Gasteiger partial charge < -0.3 is 4.98 Å². The molecular weight excluding hydrogens is 228 g/mol. The smallest absolute Gasteiger partial charge is 0.245 e. The molecule has 0 saturated carbocycles. The Morgan fingerprint density at radius 3 is 2.62 bits per heavy atom. The molecule has 6 heteroatoms. The topological polar surface area (TPSA) is 79.0 Å². The summed E-state index contributed by atoms with van der Waals surface area (Å²) in [5, 5.41) is 0.360. The molecular formula is C10H10N2O3S. The van der Waals surface area contributed by atoms with Gasteiger partial charge in [-0.3, -0.25) is 4.79 Å². The average molecular weight is 238 g/mol. The van der Waals surface area contributed by atoms with Crippen LogP contribution in [0.1, 0.15) is 0 Å². The van der Waals surface area contributed by atoms with Crippen molar-refractivity contribution in [3.63, 3.8) is 0 Å². The largest absolute Gasteiger partial charge is 0.360 e. The Kier molecular flexibility index (Phi) is 2.53. The summed E-state index contributed by atoms with van der Waals surface area (Å²) in [7, 11) is -2.45. The van der Waals surface area contributed by atoms with Crippen LogP contribution in [0.15, 0.2) is 40.2 Å². The molecule has 2 N–H and O–H groups in total. The minimum atomic E-state index is -3.71. The molecule has 0 amide bonds. The fraction of sp³-hybridized carbons (Fsp3) is 0.100. The maximum Gasteiger partial charge on any atom is 0.245 e. The second-order valence-corrected chi connectivity index (χ2v) is 5.09. The summed E-state index contributed by atoms with van der Waals surface area (Å²) in [5.41, 5.74) is 0.117. The molecule has 1 aromatic heterocycles. The number of sulfonamides is 1. The van der Waals surface area contributed by atoms with Crippen molar-refractivity contribution in [1.82, 2.24) is 9.71 Å². The Balaban J connectivity index is 2.86.